The van der Waals surface area contributed by atoms with E-state index in [9.17, 15) is 9.59 Å². The molecular formula is C12H13N5O3. The SMILES string of the molecule is Cc1cc(NC(=O)CCC(=O)O)ccc1-n1cnnn1. The number of benzene rings is 1. The summed E-state index contributed by atoms with van der Waals surface area (Å²) in [5, 5.41) is 22.1. The topological polar surface area (TPSA) is 110 Å². The fourth-order valence-electron chi connectivity index (χ4n) is 1.71. The summed E-state index contributed by atoms with van der Waals surface area (Å²) < 4.78 is 1.52. The van der Waals surface area contributed by atoms with Crippen molar-refractivity contribution in [2.24, 2.45) is 0 Å². The maximum atomic E-state index is 11.5. The Morgan fingerprint density at radius 3 is 2.75 bits per heavy atom. The van der Waals surface area contributed by atoms with Crippen molar-refractivity contribution >= 4 is 17.6 Å². The van der Waals surface area contributed by atoms with Crippen LogP contribution in [-0.2, 0) is 9.59 Å². The van der Waals surface area contributed by atoms with E-state index in [0.29, 0.717) is 5.69 Å². The molecule has 0 aliphatic heterocycles. The van der Waals surface area contributed by atoms with Crippen LogP contribution in [0.5, 0.6) is 0 Å². The van der Waals surface area contributed by atoms with E-state index < -0.39 is 5.97 Å². The summed E-state index contributed by atoms with van der Waals surface area (Å²) in [4.78, 5) is 21.9. The van der Waals surface area contributed by atoms with Crippen LogP contribution in [0.1, 0.15) is 18.4 Å². The van der Waals surface area contributed by atoms with Crippen LogP contribution in [-0.4, -0.2) is 37.2 Å². The van der Waals surface area contributed by atoms with Crippen LogP contribution in [0.25, 0.3) is 5.69 Å². The molecule has 104 valence electrons. The molecule has 0 radical (unpaired) electrons. The Morgan fingerprint density at radius 2 is 2.15 bits per heavy atom. The van der Waals surface area contributed by atoms with E-state index in [1.165, 1.54) is 11.0 Å². The molecule has 0 aliphatic carbocycles. The average molecular weight is 275 g/mol. The largest absolute Gasteiger partial charge is 0.481 e. The second kappa shape index (κ2) is 5.91. The minimum absolute atomic E-state index is 0.0525. The smallest absolute Gasteiger partial charge is 0.303 e. The summed E-state index contributed by atoms with van der Waals surface area (Å²) in [6, 6.07) is 5.26. The van der Waals surface area contributed by atoms with Gasteiger partial charge in [-0.25, -0.2) is 4.68 Å². The second-order valence-electron chi connectivity index (χ2n) is 4.20. The zero-order chi connectivity index (χ0) is 14.5. The number of hydrogen-bond donors (Lipinski definition) is 2. The molecule has 8 nitrogen and oxygen atoms in total. The summed E-state index contributed by atoms with van der Waals surface area (Å²) >= 11 is 0. The molecule has 0 aliphatic rings. The number of carboxylic acids is 1. The number of nitrogens with one attached hydrogen (secondary N) is 1. The van der Waals surface area contributed by atoms with Crippen LogP contribution < -0.4 is 5.32 Å². The number of anilines is 1. The van der Waals surface area contributed by atoms with Crippen LogP contribution in [0, 0.1) is 6.92 Å². The van der Waals surface area contributed by atoms with Crippen molar-refractivity contribution < 1.29 is 14.7 Å². The van der Waals surface area contributed by atoms with Gasteiger partial charge in [0, 0.05) is 12.1 Å². The highest BCUT2D eigenvalue weighted by Crippen LogP contribution is 2.18. The number of carbonyl (C=O) groups is 2. The molecule has 0 unspecified atom stereocenters. The number of carbonyl (C=O) groups excluding carboxylic acids is 1. The molecule has 1 aromatic carbocycles. The molecule has 1 heterocycles. The Morgan fingerprint density at radius 1 is 1.35 bits per heavy atom. The van der Waals surface area contributed by atoms with E-state index in [2.05, 4.69) is 20.8 Å². The quantitative estimate of drug-likeness (QED) is 0.834. The maximum Gasteiger partial charge on any atom is 0.303 e. The van der Waals surface area contributed by atoms with Crippen molar-refractivity contribution in [2.75, 3.05) is 5.32 Å². The van der Waals surface area contributed by atoms with E-state index in [1.54, 1.807) is 18.2 Å². The molecule has 0 fully saturated rings. The lowest BCUT2D eigenvalue weighted by Crippen LogP contribution is -2.13. The lowest BCUT2D eigenvalue weighted by atomic mass is 10.1. The van der Waals surface area contributed by atoms with E-state index in [0.717, 1.165) is 11.3 Å². The van der Waals surface area contributed by atoms with E-state index in [4.69, 9.17) is 5.11 Å². The van der Waals surface area contributed by atoms with Gasteiger partial charge >= 0.3 is 5.97 Å². The van der Waals surface area contributed by atoms with Crippen LogP contribution in [0.4, 0.5) is 5.69 Å². The highest BCUT2D eigenvalue weighted by molar-refractivity contribution is 5.92. The molecule has 2 rings (SSSR count). The van der Waals surface area contributed by atoms with Crippen molar-refractivity contribution in [1.82, 2.24) is 20.2 Å². The van der Waals surface area contributed by atoms with Crippen LogP contribution in [0.2, 0.25) is 0 Å². The first-order valence-electron chi connectivity index (χ1n) is 5.92. The van der Waals surface area contributed by atoms with Gasteiger partial charge in [-0.05, 0) is 41.1 Å². The van der Waals surface area contributed by atoms with Gasteiger partial charge in [0.05, 0.1) is 12.1 Å². The van der Waals surface area contributed by atoms with E-state index in [1.807, 2.05) is 6.92 Å². The van der Waals surface area contributed by atoms with Crippen molar-refractivity contribution in [3.05, 3.63) is 30.1 Å². The van der Waals surface area contributed by atoms with Gasteiger partial charge in [-0.3, -0.25) is 9.59 Å². The van der Waals surface area contributed by atoms with Gasteiger partial charge in [-0.15, -0.1) is 5.10 Å². The summed E-state index contributed by atoms with van der Waals surface area (Å²) in [6.45, 7) is 1.86. The first-order chi connectivity index (χ1) is 9.56. The van der Waals surface area contributed by atoms with E-state index in [-0.39, 0.29) is 18.7 Å². The second-order valence-corrected chi connectivity index (χ2v) is 4.20. The van der Waals surface area contributed by atoms with Crippen LogP contribution >= 0.6 is 0 Å². The molecule has 20 heavy (non-hydrogen) atoms. The number of aryl methyl sites for hydroxylation is 1. The van der Waals surface area contributed by atoms with Gasteiger partial charge in [0.1, 0.15) is 6.33 Å². The summed E-state index contributed by atoms with van der Waals surface area (Å²) in [5.41, 5.74) is 2.29. The number of amides is 1. The number of tetrazole rings is 1. The third-order valence-corrected chi connectivity index (χ3v) is 2.64. The molecule has 8 heteroatoms. The number of nitrogens with zero attached hydrogens (tertiary/aromatic N) is 4. The highest BCUT2D eigenvalue weighted by atomic mass is 16.4. The lowest BCUT2D eigenvalue weighted by molar-refractivity contribution is -0.138. The molecule has 0 spiro atoms. The first-order valence-corrected chi connectivity index (χ1v) is 5.92. The highest BCUT2D eigenvalue weighted by Gasteiger charge is 2.08. The molecule has 2 N–H and O–H groups in total. The minimum atomic E-state index is -0.995. The molecule has 0 saturated heterocycles. The Kier molecular flexibility index (Phi) is 4.04. The predicted octanol–water partition coefficient (Wildman–Crippen LogP) is 0.774. The third kappa shape index (κ3) is 3.37. The Bertz CT molecular complexity index is 624. The van der Waals surface area contributed by atoms with Crippen LogP contribution in [0.15, 0.2) is 24.5 Å². The number of carboxylic acid groups (broad SMARTS) is 1. The lowest BCUT2D eigenvalue weighted by Gasteiger charge is -2.08. The Balaban J connectivity index is 2.06. The van der Waals surface area contributed by atoms with E-state index >= 15 is 0 Å². The predicted molar refractivity (Wildman–Crippen MR) is 69.4 cm³/mol. The fraction of sp³-hybridized carbons (Fsp3) is 0.250. The van der Waals surface area contributed by atoms with Crippen molar-refractivity contribution in [3.8, 4) is 5.69 Å². The Hall–Kier alpha value is -2.77. The van der Waals surface area contributed by atoms with Crippen molar-refractivity contribution in [3.63, 3.8) is 0 Å². The summed E-state index contributed by atoms with van der Waals surface area (Å²) in [5.74, 6) is -1.33. The first kappa shape index (κ1) is 13.7. The standard InChI is InChI=1S/C12H13N5O3/c1-8-6-9(14-11(18)4-5-12(19)20)2-3-10(8)17-7-13-15-16-17/h2-3,6-7H,4-5H2,1H3,(H,14,18)(H,19,20). The number of aromatic nitrogens is 4. The fourth-order valence-corrected chi connectivity index (χ4v) is 1.71. The van der Waals surface area contributed by atoms with Crippen LogP contribution in [0.3, 0.4) is 0 Å². The molecule has 0 atom stereocenters. The Labute approximate surface area is 114 Å². The monoisotopic (exact) mass is 275 g/mol. The van der Waals surface area contributed by atoms with Gasteiger partial charge < -0.3 is 10.4 Å². The molecule has 1 aromatic heterocycles. The zero-order valence-electron chi connectivity index (χ0n) is 10.8. The van der Waals surface area contributed by atoms with Gasteiger partial charge in [-0.1, -0.05) is 0 Å². The summed E-state index contributed by atoms with van der Waals surface area (Å²) in [7, 11) is 0. The van der Waals surface area contributed by atoms with Gasteiger partial charge in [0.15, 0.2) is 0 Å². The van der Waals surface area contributed by atoms with Crippen molar-refractivity contribution in [1.29, 1.82) is 0 Å². The number of rotatable bonds is 5. The maximum absolute atomic E-state index is 11.5. The molecule has 0 bridgehead atoms. The zero-order valence-corrected chi connectivity index (χ0v) is 10.8. The molecular weight excluding hydrogens is 262 g/mol. The number of aliphatic carboxylic acids is 1. The normalized spacial score (nSPS) is 10.2. The number of hydrogen-bond acceptors (Lipinski definition) is 5. The third-order valence-electron chi connectivity index (χ3n) is 2.64. The molecule has 1 amide bonds. The van der Waals surface area contributed by atoms with Gasteiger partial charge in [0.2, 0.25) is 5.91 Å². The van der Waals surface area contributed by atoms with Gasteiger partial charge in [0.25, 0.3) is 0 Å². The van der Waals surface area contributed by atoms with Crippen molar-refractivity contribution in [2.45, 2.75) is 19.8 Å². The molecule has 0 saturated carbocycles. The average Bonchev–Trinajstić information content (AvgIpc) is 2.90. The molecule has 2 aromatic rings. The summed E-state index contributed by atoms with van der Waals surface area (Å²) in [6.07, 6.45) is 1.24. The van der Waals surface area contributed by atoms with Gasteiger partial charge in [-0.2, -0.15) is 0 Å². The minimum Gasteiger partial charge on any atom is -0.481 e.